The van der Waals surface area contributed by atoms with Gasteiger partial charge in [0.15, 0.2) is 0 Å². The van der Waals surface area contributed by atoms with Gasteiger partial charge in [0.05, 0.1) is 0 Å². The van der Waals surface area contributed by atoms with E-state index in [0.717, 1.165) is 30.5 Å². The van der Waals surface area contributed by atoms with E-state index in [1.54, 1.807) is 0 Å². The lowest BCUT2D eigenvalue weighted by atomic mass is 10.1. The number of amides is 1. The number of rotatable bonds is 2. The van der Waals surface area contributed by atoms with Crippen molar-refractivity contribution in [3.63, 3.8) is 0 Å². The third-order valence-electron chi connectivity index (χ3n) is 2.88. The molecule has 1 aromatic carbocycles. The largest absolute Gasteiger partial charge is 0.368 e. The summed E-state index contributed by atoms with van der Waals surface area (Å²) in [6.45, 7) is 2.68. The lowest BCUT2D eigenvalue weighted by Gasteiger charge is -2.22. The van der Waals surface area contributed by atoms with Gasteiger partial charge in [0, 0.05) is 12.3 Å². The molecule has 0 spiro atoms. The first-order chi connectivity index (χ1) is 7.77. The number of aryl methyl sites for hydroxylation is 1. The van der Waals surface area contributed by atoms with Crippen LogP contribution in [0.3, 0.4) is 0 Å². The molecular formula is C13H17NO2. The Kier molecular flexibility index (Phi) is 3.57. The fraction of sp³-hybridized carbons (Fsp3) is 0.462. The predicted octanol–water partition coefficient (Wildman–Crippen LogP) is 2.50. The molecule has 3 heteroatoms. The Hall–Kier alpha value is -1.35. The van der Waals surface area contributed by atoms with E-state index in [-0.39, 0.29) is 12.0 Å². The van der Waals surface area contributed by atoms with Gasteiger partial charge in [-0.15, -0.1) is 0 Å². The minimum absolute atomic E-state index is 0.0194. The minimum Gasteiger partial charge on any atom is -0.368 e. The summed E-state index contributed by atoms with van der Waals surface area (Å²) in [6, 6.07) is 7.78. The molecule has 1 aliphatic heterocycles. The van der Waals surface area contributed by atoms with Gasteiger partial charge in [-0.25, -0.2) is 0 Å². The Morgan fingerprint density at radius 3 is 2.88 bits per heavy atom. The maximum absolute atomic E-state index is 11.9. The highest BCUT2D eigenvalue weighted by molar-refractivity contribution is 5.94. The van der Waals surface area contributed by atoms with Crippen LogP contribution in [0.15, 0.2) is 24.3 Å². The zero-order chi connectivity index (χ0) is 11.4. The SMILES string of the molecule is Cc1ccccc1NC(=O)C1CCCCO1. The Balaban J connectivity index is 1.99. The molecule has 1 saturated heterocycles. The maximum Gasteiger partial charge on any atom is 0.253 e. The molecule has 0 aromatic heterocycles. The van der Waals surface area contributed by atoms with E-state index in [9.17, 15) is 4.79 Å². The molecule has 1 amide bonds. The first-order valence-corrected chi connectivity index (χ1v) is 5.75. The van der Waals surface area contributed by atoms with Crippen molar-refractivity contribution in [3.05, 3.63) is 29.8 Å². The number of carbonyl (C=O) groups is 1. The molecule has 0 bridgehead atoms. The topological polar surface area (TPSA) is 38.3 Å². The van der Waals surface area contributed by atoms with E-state index in [2.05, 4.69) is 5.32 Å². The van der Waals surface area contributed by atoms with Crippen LogP contribution in [0, 0.1) is 6.92 Å². The van der Waals surface area contributed by atoms with Crippen LogP contribution in [0.5, 0.6) is 0 Å². The fourth-order valence-corrected chi connectivity index (χ4v) is 1.87. The predicted molar refractivity (Wildman–Crippen MR) is 63.4 cm³/mol. The molecule has 0 aliphatic carbocycles. The summed E-state index contributed by atoms with van der Waals surface area (Å²) < 4.78 is 5.44. The van der Waals surface area contributed by atoms with Gasteiger partial charge in [0.25, 0.3) is 5.91 Å². The van der Waals surface area contributed by atoms with Crippen LogP contribution in [0.1, 0.15) is 24.8 Å². The van der Waals surface area contributed by atoms with Crippen molar-refractivity contribution in [3.8, 4) is 0 Å². The van der Waals surface area contributed by atoms with Gasteiger partial charge in [0.2, 0.25) is 0 Å². The monoisotopic (exact) mass is 219 g/mol. The Labute approximate surface area is 95.8 Å². The van der Waals surface area contributed by atoms with E-state index in [0.29, 0.717) is 6.61 Å². The molecule has 0 saturated carbocycles. The molecular weight excluding hydrogens is 202 g/mol. The summed E-state index contributed by atoms with van der Waals surface area (Å²) in [7, 11) is 0. The average Bonchev–Trinajstić information content (AvgIpc) is 2.33. The van der Waals surface area contributed by atoms with Gasteiger partial charge in [0.1, 0.15) is 6.10 Å². The number of para-hydroxylation sites is 1. The van der Waals surface area contributed by atoms with Crippen LogP contribution in [0.2, 0.25) is 0 Å². The number of hydrogen-bond donors (Lipinski definition) is 1. The summed E-state index contributed by atoms with van der Waals surface area (Å²) in [4.78, 5) is 11.9. The first kappa shape index (κ1) is 11.1. The van der Waals surface area contributed by atoms with Gasteiger partial charge < -0.3 is 10.1 Å². The van der Waals surface area contributed by atoms with E-state index in [1.807, 2.05) is 31.2 Å². The number of carbonyl (C=O) groups excluding carboxylic acids is 1. The average molecular weight is 219 g/mol. The molecule has 0 radical (unpaired) electrons. The number of ether oxygens (including phenoxy) is 1. The third kappa shape index (κ3) is 2.61. The van der Waals surface area contributed by atoms with Crippen LogP contribution in [-0.4, -0.2) is 18.6 Å². The lowest BCUT2D eigenvalue weighted by molar-refractivity contribution is -0.129. The van der Waals surface area contributed by atoms with Crippen LogP contribution in [0.4, 0.5) is 5.69 Å². The molecule has 3 nitrogen and oxygen atoms in total. The highest BCUT2D eigenvalue weighted by Gasteiger charge is 2.21. The van der Waals surface area contributed by atoms with Gasteiger partial charge in [-0.05, 0) is 37.8 Å². The molecule has 1 N–H and O–H groups in total. The summed E-state index contributed by atoms with van der Waals surface area (Å²) in [5.74, 6) is -0.0194. The second kappa shape index (κ2) is 5.12. The molecule has 1 aliphatic rings. The summed E-state index contributed by atoms with van der Waals surface area (Å²) in [6.07, 6.45) is 2.70. The van der Waals surface area contributed by atoms with Crippen molar-refractivity contribution in [2.24, 2.45) is 0 Å². The highest BCUT2D eigenvalue weighted by Crippen LogP contribution is 2.17. The number of nitrogens with one attached hydrogen (secondary N) is 1. The molecule has 1 heterocycles. The molecule has 86 valence electrons. The Bertz CT molecular complexity index is 370. The van der Waals surface area contributed by atoms with Crippen molar-refractivity contribution >= 4 is 11.6 Å². The van der Waals surface area contributed by atoms with E-state index >= 15 is 0 Å². The summed E-state index contributed by atoms with van der Waals surface area (Å²) >= 11 is 0. The number of hydrogen-bond acceptors (Lipinski definition) is 2. The molecule has 1 atom stereocenters. The second-order valence-corrected chi connectivity index (χ2v) is 4.16. The molecule has 16 heavy (non-hydrogen) atoms. The smallest absolute Gasteiger partial charge is 0.253 e. The number of benzene rings is 1. The van der Waals surface area contributed by atoms with Gasteiger partial charge >= 0.3 is 0 Å². The standard InChI is InChI=1S/C13H17NO2/c1-10-6-2-3-7-11(10)14-13(15)12-8-4-5-9-16-12/h2-3,6-7,12H,4-5,8-9H2,1H3,(H,14,15). The summed E-state index contributed by atoms with van der Waals surface area (Å²) in [5, 5.41) is 2.92. The van der Waals surface area contributed by atoms with Crippen LogP contribution >= 0.6 is 0 Å². The zero-order valence-electron chi connectivity index (χ0n) is 9.53. The zero-order valence-corrected chi connectivity index (χ0v) is 9.53. The maximum atomic E-state index is 11.9. The Morgan fingerprint density at radius 2 is 2.19 bits per heavy atom. The van der Waals surface area contributed by atoms with Crippen LogP contribution in [0.25, 0.3) is 0 Å². The molecule has 1 unspecified atom stereocenters. The fourth-order valence-electron chi connectivity index (χ4n) is 1.87. The van der Waals surface area contributed by atoms with Crippen LogP contribution in [-0.2, 0) is 9.53 Å². The molecule has 1 fully saturated rings. The quantitative estimate of drug-likeness (QED) is 0.830. The van der Waals surface area contributed by atoms with Crippen molar-refractivity contribution in [1.82, 2.24) is 0 Å². The van der Waals surface area contributed by atoms with E-state index < -0.39 is 0 Å². The van der Waals surface area contributed by atoms with Crippen molar-refractivity contribution in [2.75, 3.05) is 11.9 Å². The number of anilines is 1. The lowest BCUT2D eigenvalue weighted by Crippen LogP contribution is -2.33. The van der Waals surface area contributed by atoms with E-state index in [1.165, 1.54) is 0 Å². The van der Waals surface area contributed by atoms with Crippen molar-refractivity contribution in [2.45, 2.75) is 32.3 Å². The minimum atomic E-state index is -0.270. The van der Waals surface area contributed by atoms with Crippen LogP contribution < -0.4 is 5.32 Å². The molecule has 2 rings (SSSR count). The highest BCUT2D eigenvalue weighted by atomic mass is 16.5. The Morgan fingerprint density at radius 1 is 1.38 bits per heavy atom. The van der Waals surface area contributed by atoms with E-state index in [4.69, 9.17) is 4.74 Å². The van der Waals surface area contributed by atoms with Gasteiger partial charge in [-0.3, -0.25) is 4.79 Å². The molecule has 1 aromatic rings. The normalized spacial score (nSPS) is 20.4. The summed E-state index contributed by atoms with van der Waals surface area (Å²) in [5.41, 5.74) is 1.95. The van der Waals surface area contributed by atoms with Gasteiger partial charge in [-0.1, -0.05) is 18.2 Å². The van der Waals surface area contributed by atoms with Crippen molar-refractivity contribution < 1.29 is 9.53 Å². The van der Waals surface area contributed by atoms with Crippen molar-refractivity contribution in [1.29, 1.82) is 0 Å². The second-order valence-electron chi connectivity index (χ2n) is 4.16. The first-order valence-electron chi connectivity index (χ1n) is 5.75. The van der Waals surface area contributed by atoms with Gasteiger partial charge in [-0.2, -0.15) is 0 Å². The third-order valence-corrected chi connectivity index (χ3v) is 2.88.